The van der Waals surface area contributed by atoms with Crippen molar-refractivity contribution in [3.05, 3.63) is 108 Å². The number of esters is 1. The summed E-state index contributed by atoms with van der Waals surface area (Å²) in [7, 11) is 0. The molecule has 0 amide bonds. The fourth-order valence-corrected chi connectivity index (χ4v) is 6.02. The van der Waals surface area contributed by atoms with Gasteiger partial charge < -0.3 is 28.4 Å². The summed E-state index contributed by atoms with van der Waals surface area (Å²) in [6.45, 7) is 8.77. The lowest BCUT2D eigenvalue weighted by atomic mass is 10.0. The topological polar surface area (TPSA) is 75.7 Å². The molecule has 6 rings (SSSR count). The van der Waals surface area contributed by atoms with Gasteiger partial charge in [-0.25, -0.2) is 4.79 Å². The number of carbonyl (C=O) groups is 1. The second kappa shape index (κ2) is 11.9. The summed E-state index contributed by atoms with van der Waals surface area (Å²) in [5.41, 5.74) is 3.03. The Morgan fingerprint density at radius 2 is 1.36 bits per heavy atom. The lowest BCUT2D eigenvalue weighted by Gasteiger charge is -2.34. The number of fused-ring (bicyclic) bond motifs is 1. The number of rotatable bonds is 9. The maximum absolute atomic E-state index is 14.5. The number of benzene rings is 3. The smallest absolute Gasteiger partial charge is 0.328 e. The van der Waals surface area contributed by atoms with Gasteiger partial charge in [-0.3, -0.25) is 4.90 Å². The molecule has 8 heteroatoms. The third kappa shape index (κ3) is 6.44. The fourth-order valence-electron chi connectivity index (χ4n) is 6.02. The number of hydrogen-bond donors (Lipinski definition) is 0. The normalized spacial score (nSPS) is 28.5. The molecule has 3 aliphatic rings. The minimum atomic E-state index is -0.872. The van der Waals surface area contributed by atoms with Gasteiger partial charge in [-0.1, -0.05) is 91.0 Å². The quantitative estimate of drug-likeness (QED) is 0.317. The average Bonchev–Trinajstić information content (AvgIpc) is 3.59. The largest absolute Gasteiger partial charge is 0.455 e. The molecule has 3 aliphatic heterocycles. The zero-order valence-corrected chi connectivity index (χ0v) is 24.6. The molecule has 6 atom stereocenters. The van der Waals surface area contributed by atoms with Gasteiger partial charge in [-0.2, -0.15) is 0 Å². The maximum Gasteiger partial charge on any atom is 0.328 e. The zero-order valence-electron chi connectivity index (χ0n) is 24.6. The van der Waals surface area contributed by atoms with Crippen molar-refractivity contribution < 1.29 is 33.2 Å². The van der Waals surface area contributed by atoms with Crippen LogP contribution in [-0.4, -0.2) is 59.8 Å². The van der Waals surface area contributed by atoms with E-state index in [2.05, 4.69) is 29.2 Å². The molecule has 0 saturated carbocycles. The van der Waals surface area contributed by atoms with Gasteiger partial charge in [0.05, 0.1) is 6.61 Å². The van der Waals surface area contributed by atoms with Gasteiger partial charge in [-0.05, 0) is 44.4 Å². The maximum atomic E-state index is 14.5. The van der Waals surface area contributed by atoms with Crippen LogP contribution in [0.5, 0.6) is 0 Å². The summed E-state index contributed by atoms with van der Waals surface area (Å²) in [6, 6.07) is 29.4. The first kappa shape index (κ1) is 29.0. The van der Waals surface area contributed by atoms with E-state index in [1.165, 1.54) is 0 Å². The first-order valence-electron chi connectivity index (χ1n) is 14.6. The van der Waals surface area contributed by atoms with Crippen LogP contribution >= 0.6 is 0 Å². The molecule has 0 aromatic heterocycles. The number of ether oxygens (including phenoxy) is 6. The Morgan fingerprint density at radius 1 is 0.786 bits per heavy atom. The van der Waals surface area contributed by atoms with E-state index in [4.69, 9.17) is 28.4 Å². The summed E-state index contributed by atoms with van der Waals surface area (Å²) >= 11 is 0. The van der Waals surface area contributed by atoms with Crippen LogP contribution in [0.15, 0.2) is 91.0 Å². The van der Waals surface area contributed by atoms with Gasteiger partial charge in [0.15, 0.2) is 30.1 Å². The molecule has 3 aromatic rings. The van der Waals surface area contributed by atoms with Gasteiger partial charge in [-0.15, -0.1) is 0 Å². The third-order valence-corrected chi connectivity index (χ3v) is 7.84. The second-order valence-electron chi connectivity index (χ2n) is 12.0. The lowest BCUT2D eigenvalue weighted by molar-refractivity contribution is -0.236. The predicted molar refractivity (Wildman–Crippen MR) is 155 cm³/mol. The molecule has 0 radical (unpaired) electrons. The highest BCUT2D eigenvalue weighted by Crippen LogP contribution is 2.42. The van der Waals surface area contributed by atoms with Crippen LogP contribution in [0.1, 0.15) is 50.4 Å². The highest BCUT2D eigenvalue weighted by molar-refractivity contribution is 5.78. The van der Waals surface area contributed by atoms with Gasteiger partial charge in [0.25, 0.3) is 0 Å². The zero-order chi connectivity index (χ0) is 29.3. The number of hydrogen-bond acceptors (Lipinski definition) is 8. The Morgan fingerprint density at radius 3 is 1.90 bits per heavy atom. The van der Waals surface area contributed by atoms with E-state index in [0.29, 0.717) is 19.7 Å². The summed E-state index contributed by atoms with van der Waals surface area (Å²) in [6.07, 6.45) is -3.11. The Balaban J connectivity index is 1.33. The minimum Gasteiger partial charge on any atom is -0.455 e. The molecule has 3 heterocycles. The molecule has 0 unspecified atom stereocenters. The summed E-state index contributed by atoms with van der Waals surface area (Å²) in [5, 5.41) is 0. The van der Waals surface area contributed by atoms with Crippen LogP contribution in [0.4, 0.5) is 0 Å². The van der Waals surface area contributed by atoms with Crippen molar-refractivity contribution >= 4 is 5.97 Å². The number of nitrogens with zero attached hydrogens (tertiary/aromatic N) is 1. The minimum absolute atomic E-state index is 0.310. The molecular formula is C34H39NO7. The van der Waals surface area contributed by atoms with Crippen LogP contribution in [0, 0.1) is 0 Å². The highest BCUT2D eigenvalue weighted by Gasteiger charge is 2.60. The van der Waals surface area contributed by atoms with Crippen molar-refractivity contribution in [1.82, 2.24) is 4.90 Å². The SMILES string of the molecule is CC1(C)O[C@H]2O[C@H]([C@H]3COC(C)(C)O3)[C@H](OC(=O)[C@H](c3ccccc3)N(Cc3ccccc3)Cc3ccccc3)[C@H]2O1. The van der Waals surface area contributed by atoms with Crippen molar-refractivity contribution in [2.45, 2.75) is 89.1 Å². The second-order valence-corrected chi connectivity index (χ2v) is 12.0. The third-order valence-electron chi connectivity index (χ3n) is 7.84. The van der Waals surface area contributed by atoms with Gasteiger partial charge in [0.1, 0.15) is 18.2 Å². The first-order valence-corrected chi connectivity index (χ1v) is 14.6. The number of carbonyl (C=O) groups excluding carboxylic acids is 1. The Hall–Kier alpha value is -3.11. The van der Waals surface area contributed by atoms with Gasteiger partial charge in [0, 0.05) is 13.1 Å². The molecule has 0 bridgehead atoms. The van der Waals surface area contributed by atoms with E-state index in [1.54, 1.807) is 0 Å². The van der Waals surface area contributed by atoms with E-state index in [0.717, 1.165) is 16.7 Å². The van der Waals surface area contributed by atoms with E-state index in [-0.39, 0.29) is 0 Å². The molecule has 0 N–H and O–H groups in total. The molecule has 3 fully saturated rings. The van der Waals surface area contributed by atoms with Crippen LogP contribution < -0.4 is 0 Å². The van der Waals surface area contributed by atoms with Crippen molar-refractivity contribution in [3.63, 3.8) is 0 Å². The standard InChI is InChI=1S/C34H39NO7/c1-33(2)37-22-26(40-33)28-29(30-32(39-28)42-34(3,4)41-30)38-31(36)27(25-18-12-7-13-19-25)35(20-23-14-8-5-9-15-23)21-24-16-10-6-11-17-24/h5-19,26-30,32H,20-22H2,1-4H3/t26-,27+,28-,29+,30-,32-/m1/s1. The molecule has 222 valence electrons. The van der Waals surface area contributed by atoms with Crippen molar-refractivity contribution in [3.8, 4) is 0 Å². The van der Waals surface area contributed by atoms with E-state index in [1.807, 2.05) is 94.4 Å². The predicted octanol–water partition coefficient (Wildman–Crippen LogP) is 5.37. The molecule has 3 aromatic carbocycles. The molecule has 0 aliphatic carbocycles. The van der Waals surface area contributed by atoms with Crippen LogP contribution in [0.3, 0.4) is 0 Å². The van der Waals surface area contributed by atoms with Crippen molar-refractivity contribution in [2.75, 3.05) is 6.61 Å². The van der Waals surface area contributed by atoms with Crippen LogP contribution in [0.2, 0.25) is 0 Å². The Bertz CT molecular complexity index is 1290. The monoisotopic (exact) mass is 573 g/mol. The van der Waals surface area contributed by atoms with Crippen molar-refractivity contribution in [2.24, 2.45) is 0 Å². The average molecular weight is 574 g/mol. The lowest BCUT2D eigenvalue weighted by Crippen LogP contribution is -2.47. The van der Waals surface area contributed by atoms with E-state index in [9.17, 15) is 4.79 Å². The Labute approximate surface area is 247 Å². The summed E-state index contributed by atoms with van der Waals surface area (Å²) in [4.78, 5) is 16.6. The van der Waals surface area contributed by atoms with Crippen LogP contribution in [-0.2, 0) is 46.3 Å². The van der Waals surface area contributed by atoms with Gasteiger partial charge >= 0.3 is 5.97 Å². The molecule has 42 heavy (non-hydrogen) atoms. The van der Waals surface area contributed by atoms with E-state index < -0.39 is 54.3 Å². The highest BCUT2D eigenvalue weighted by atomic mass is 16.8. The molecular weight excluding hydrogens is 534 g/mol. The molecule has 8 nitrogen and oxygen atoms in total. The summed E-state index contributed by atoms with van der Waals surface area (Å²) < 4.78 is 37.0. The van der Waals surface area contributed by atoms with E-state index >= 15 is 0 Å². The molecule has 3 saturated heterocycles. The first-order chi connectivity index (χ1) is 20.2. The fraction of sp³-hybridized carbons (Fsp3) is 0.441. The van der Waals surface area contributed by atoms with Crippen LogP contribution in [0.25, 0.3) is 0 Å². The van der Waals surface area contributed by atoms with Crippen molar-refractivity contribution in [1.29, 1.82) is 0 Å². The summed E-state index contributed by atoms with van der Waals surface area (Å²) in [5.74, 6) is -2.03. The molecule has 0 spiro atoms. The Kier molecular flexibility index (Phi) is 8.20. The van der Waals surface area contributed by atoms with Gasteiger partial charge in [0.2, 0.25) is 0 Å².